The molecule has 0 saturated heterocycles. The van der Waals surface area contributed by atoms with Crippen molar-refractivity contribution in [2.75, 3.05) is 7.11 Å². The number of nitrogens with one attached hydrogen (secondary N) is 1. The maximum Gasteiger partial charge on any atom is 0.266 e. The highest BCUT2D eigenvalue weighted by Crippen LogP contribution is 2.27. The number of aromatic nitrogens is 2. The van der Waals surface area contributed by atoms with Crippen molar-refractivity contribution in [3.8, 4) is 16.9 Å². The summed E-state index contributed by atoms with van der Waals surface area (Å²) in [6, 6.07) is 11.8. The van der Waals surface area contributed by atoms with E-state index in [4.69, 9.17) is 4.74 Å². The Morgan fingerprint density at radius 1 is 1.15 bits per heavy atom. The summed E-state index contributed by atoms with van der Waals surface area (Å²) < 4.78 is 5.17. The Balaban J connectivity index is 2.17. The molecule has 20 heavy (non-hydrogen) atoms. The minimum Gasteiger partial charge on any atom is -0.497 e. The summed E-state index contributed by atoms with van der Waals surface area (Å²) in [5.74, 6) is 0.828. The lowest BCUT2D eigenvalue weighted by Gasteiger charge is -2.08. The van der Waals surface area contributed by atoms with Crippen molar-refractivity contribution in [1.82, 2.24) is 9.97 Å². The van der Waals surface area contributed by atoms with Crippen molar-refractivity contribution in [2.45, 2.75) is 6.92 Å². The Hall–Kier alpha value is -2.62. The van der Waals surface area contributed by atoms with Crippen LogP contribution in [0.5, 0.6) is 5.75 Å². The normalized spacial score (nSPS) is 10.7. The number of aryl methyl sites for hydroxylation is 1. The molecule has 4 heteroatoms. The molecule has 0 bridgehead atoms. The smallest absolute Gasteiger partial charge is 0.266 e. The third kappa shape index (κ3) is 2.16. The van der Waals surface area contributed by atoms with Gasteiger partial charge in [-0.2, -0.15) is 0 Å². The number of ether oxygens (including phenoxy) is 1. The van der Waals surface area contributed by atoms with Gasteiger partial charge >= 0.3 is 0 Å². The SMILES string of the molecule is COc1ccc(-c2cc3ncc(=O)[nH]c3cc2C)cc1. The second-order valence-corrected chi connectivity index (χ2v) is 4.66. The monoisotopic (exact) mass is 266 g/mol. The Labute approximate surface area is 116 Å². The maximum atomic E-state index is 11.3. The van der Waals surface area contributed by atoms with E-state index in [9.17, 15) is 4.79 Å². The zero-order chi connectivity index (χ0) is 14.1. The van der Waals surface area contributed by atoms with E-state index in [1.54, 1.807) is 7.11 Å². The topological polar surface area (TPSA) is 55.0 Å². The van der Waals surface area contributed by atoms with Crippen LogP contribution in [-0.2, 0) is 0 Å². The van der Waals surface area contributed by atoms with Gasteiger partial charge in [-0.3, -0.25) is 4.79 Å². The number of hydrogen-bond acceptors (Lipinski definition) is 3. The number of rotatable bonds is 2. The zero-order valence-electron chi connectivity index (χ0n) is 11.3. The molecule has 0 saturated carbocycles. The van der Waals surface area contributed by atoms with E-state index in [1.807, 2.05) is 43.3 Å². The zero-order valence-corrected chi connectivity index (χ0v) is 11.3. The summed E-state index contributed by atoms with van der Waals surface area (Å²) in [5, 5.41) is 0. The third-order valence-corrected chi connectivity index (χ3v) is 3.32. The molecule has 1 N–H and O–H groups in total. The molecule has 0 aliphatic heterocycles. The highest BCUT2D eigenvalue weighted by molar-refractivity contribution is 5.83. The average molecular weight is 266 g/mol. The molecule has 0 amide bonds. The number of H-pyrrole nitrogens is 1. The summed E-state index contributed by atoms with van der Waals surface area (Å²) >= 11 is 0. The Morgan fingerprint density at radius 2 is 1.90 bits per heavy atom. The largest absolute Gasteiger partial charge is 0.497 e. The third-order valence-electron chi connectivity index (χ3n) is 3.32. The van der Waals surface area contributed by atoms with Gasteiger partial charge in [0.1, 0.15) is 5.75 Å². The van der Waals surface area contributed by atoms with Crippen LogP contribution in [0.1, 0.15) is 5.56 Å². The van der Waals surface area contributed by atoms with Crippen molar-refractivity contribution in [2.24, 2.45) is 0 Å². The van der Waals surface area contributed by atoms with E-state index in [0.29, 0.717) is 0 Å². The van der Waals surface area contributed by atoms with E-state index >= 15 is 0 Å². The quantitative estimate of drug-likeness (QED) is 0.776. The molecule has 3 aromatic rings. The van der Waals surface area contributed by atoms with Crippen LogP contribution in [0.15, 0.2) is 47.4 Å². The molecule has 0 aliphatic carbocycles. The van der Waals surface area contributed by atoms with E-state index in [-0.39, 0.29) is 5.56 Å². The number of benzene rings is 2. The van der Waals surface area contributed by atoms with Crippen LogP contribution in [0, 0.1) is 6.92 Å². The molecular formula is C16H14N2O2. The van der Waals surface area contributed by atoms with Gasteiger partial charge in [0.15, 0.2) is 0 Å². The number of aromatic amines is 1. The Kier molecular flexibility index (Phi) is 2.99. The summed E-state index contributed by atoms with van der Waals surface area (Å²) in [6.45, 7) is 2.02. The fourth-order valence-electron chi connectivity index (χ4n) is 2.28. The predicted molar refractivity (Wildman–Crippen MR) is 79.1 cm³/mol. The highest BCUT2D eigenvalue weighted by Gasteiger charge is 2.06. The lowest BCUT2D eigenvalue weighted by Crippen LogP contribution is -2.05. The fraction of sp³-hybridized carbons (Fsp3) is 0.125. The number of nitrogens with zero attached hydrogens (tertiary/aromatic N) is 1. The average Bonchev–Trinajstić information content (AvgIpc) is 2.46. The van der Waals surface area contributed by atoms with Gasteiger partial charge < -0.3 is 9.72 Å². The second-order valence-electron chi connectivity index (χ2n) is 4.66. The van der Waals surface area contributed by atoms with Crippen LogP contribution in [0.4, 0.5) is 0 Å². The lowest BCUT2D eigenvalue weighted by atomic mass is 9.99. The van der Waals surface area contributed by atoms with E-state index in [1.165, 1.54) is 6.20 Å². The summed E-state index contributed by atoms with van der Waals surface area (Å²) in [5.41, 5.74) is 4.63. The standard InChI is InChI=1S/C16H14N2O2/c1-10-7-15-14(17-9-16(19)18-15)8-13(10)11-3-5-12(20-2)6-4-11/h3-9H,1-2H3,(H,18,19). The maximum absolute atomic E-state index is 11.3. The Morgan fingerprint density at radius 3 is 2.60 bits per heavy atom. The first-order valence-corrected chi connectivity index (χ1v) is 6.31. The van der Waals surface area contributed by atoms with Crippen LogP contribution in [0.25, 0.3) is 22.2 Å². The van der Waals surface area contributed by atoms with Gasteiger partial charge in [-0.05, 0) is 47.9 Å². The molecule has 0 atom stereocenters. The van der Waals surface area contributed by atoms with Gasteiger partial charge in [-0.15, -0.1) is 0 Å². The van der Waals surface area contributed by atoms with E-state index < -0.39 is 0 Å². The number of hydrogen-bond donors (Lipinski definition) is 1. The van der Waals surface area contributed by atoms with E-state index in [0.717, 1.165) is 33.5 Å². The van der Waals surface area contributed by atoms with Crippen LogP contribution >= 0.6 is 0 Å². The van der Waals surface area contributed by atoms with Crippen molar-refractivity contribution < 1.29 is 4.74 Å². The first-order chi connectivity index (χ1) is 9.67. The van der Waals surface area contributed by atoms with Gasteiger partial charge in [-0.25, -0.2) is 4.98 Å². The Bertz CT molecular complexity index is 820. The van der Waals surface area contributed by atoms with Gasteiger partial charge in [0.05, 0.1) is 24.3 Å². The molecular weight excluding hydrogens is 252 g/mol. The molecule has 4 nitrogen and oxygen atoms in total. The van der Waals surface area contributed by atoms with Gasteiger partial charge in [0, 0.05) is 0 Å². The molecule has 0 fully saturated rings. The molecule has 1 heterocycles. The van der Waals surface area contributed by atoms with Gasteiger partial charge in [0.2, 0.25) is 0 Å². The molecule has 0 radical (unpaired) electrons. The fourth-order valence-corrected chi connectivity index (χ4v) is 2.28. The lowest BCUT2D eigenvalue weighted by molar-refractivity contribution is 0.415. The molecule has 0 spiro atoms. The summed E-state index contributed by atoms with van der Waals surface area (Å²) in [4.78, 5) is 18.3. The van der Waals surface area contributed by atoms with Gasteiger partial charge in [-0.1, -0.05) is 12.1 Å². The highest BCUT2D eigenvalue weighted by atomic mass is 16.5. The van der Waals surface area contributed by atoms with Crippen molar-refractivity contribution >= 4 is 11.0 Å². The van der Waals surface area contributed by atoms with Crippen LogP contribution in [-0.4, -0.2) is 17.1 Å². The van der Waals surface area contributed by atoms with E-state index in [2.05, 4.69) is 9.97 Å². The number of methoxy groups -OCH3 is 1. The van der Waals surface area contributed by atoms with Crippen molar-refractivity contribution in [3.05, 3.63) is 58.5 Å². The molecule has 1 aromatic heterocycles. The van der Waals surface area contributed by atoms with Crippen molar-refractivity contribution in [3.63, 3.8) is 0 Å². The van der Waals surface area contributed by atoms with Crippen LogP contribution in [0.3, 0.4) is 0 Å². The summed E-state index contributed by atoms with van der Waals surface area (Å²) in [7, 11) is 1.65. The molecule has 2 aromatic carbocycles. The predicted octanol–water partition coefficient (Wildman–Crippen LogP) is 2.91. The van der Waals surface area contributed by atoms with Crippen molar-refractivity contribution in [1.29, 1.82) is 0 Å². The molecule has 3 rings (SSSR count). The first-order valence-electron chi connectivity index (χ1n) is 6.31. The minimum atomic E-state index is -0.186. The first kappa shape index (κ1) is 12.4. The minimum absolute atomic E-state index is 0.186. The molecule has 0 unspecified atom stereocenters. The number of fused-ring (bicyclic) bond motifs is 1. The second kappa shape index (κ2) is 4.81. The van der Waals surface area contributed by atoms with Crippen LogP contribution in [0.2, 0.25) is 0 Å². The van der Waals surface area contributed by atoms with Crippen LogP contribution < -0.4 is 10.3 Å². The van der Waals surface area contributed by atoms with Gasteiger partial charge in [0.25, 0.3) is 5.56 Å². The molecule has 100 valence electrons. The molecule has 0 aliphatic rings. The summed E-state index contributed by atoms with van der Waals surface area (Å²) in [6.07, 6.45) is 1.30.